The molecule has 3 N–H and O–H groups in total. The first-order valence-electron chi connectivity index (χ1n) is 10.6. The van der Waals surface area contributed by atoms with E-state index in [1.54, 1.807) is 12.4 Å². The second-order valence-corrected chi connectivity index (χ2v) is 7.99. The van der Waals surface area contributed by atoms with Crippen molar-refractivity contribution in [2.24, 2.45) is 11.7 Å². The molecule has 31 heavy (non-hydrogen) atoms. The van der Waals surface area contributed by atoms with Crippen molar-refractivity contribution >= 4 is 5.82 Å². The molecule has 0 saturated carbocycles. The van der Waals surface area contributed by atoms with Gasteiger partial charge in [0, 0.05) is 36.1 Å². The molecule has 2 heterocycles. The summed E-state index contributed by atoms with van der Waals surface area (Å²) in [6, 6.07) is 26.9. The third-order valence-corrected chi connectivity index (χ3v) is 5.58. The first kappa shape index (κ1) is 20.8. The molecule has 4 nitrogen and oxygen atoms in total. The average molecular weight is 409 g/mol. The van der Waals surface area contributed by atoms with Gasteiger partial charge in [0.05, 0.1) is 5.69 Å². The molecular weight excluding hydrogens is 380 g/mol. The van der Waals surface area contributed by atoms with E-state index >= 15 is 0 Å². The molecule has 0 bridgehead atoms. The third-order valence-electron chi connectivity index (χ3n) is 5.58. The van der Waals surface area contributed by atoms with Gasteiger partial charge in [-0.05, 0) is 48.2 Å². The number of rotatable bonds is 7. The number of anilines is 1. The Morgan fingerprint density at radius 1 is 0.871 bits per heavy atom. The first-order valence-corrected chi connectivity index (χ1v) is 10.6. The maximum atomic E-state index is 6.47. The lowest BCUT2D eigenvalue weighted by atomic mass is 9.95. The third kappa shape index (κ3) is 4.98. The summed E-state index contributed by atoms with van der Waals surface area (Å²) in [6.07, 6.45) is 3.61. The Hall–Kier alpha value is -3.50. The zero-order valence-corrected chi connectivity index (χ0v) is 18.0. The van der Waals surface area contributed by atoms with Crippen molar-refractivity contribution in [1.29, 1.82) is 0 Å². The van der Waals surface area contributed by atoms with Gasteiger partial charge in [-0.15, -0.1) is 0 Å². The molecule has 4 heteroatoms. The predicted octanol–water partition coefficient (Wildman–Crippen LogP) is 5.87. The van der Waals surface area contributed by atoms with Gasteiger partial charge >= 0.3 is 0 Å². The van der Waals surface area contributed by atoms with Gasteiger partial charge in [-0.2, -0.15) is 0 Å². The number of hydrogen-bond donors (Lipinski definition) is 2. The topological polar surface area (TPSA) is 63.8 Å². The van der Waals surface area contributed by atoms with E-state index < -0.39 is 0 Å². The minimum atomic E-state index is -0.0278. The van der Waals surface area contributed by atoms with Crippen molar-refractivity contribution in [1.82, 2.24) is 9.97 Å². The van der Waals surface area contributed by atoms with Crippen LogP contribution in [0.25, 0.3) is 22.4 Å². The van der Waals surface area contributed by atoms with Crippen LogP contribution in [0.1, 0.15) is 24.1 Å². The van der Waals surface area contributed by atoms with Crippen LogP contribution in [0.5, 0.6) is 0 Å². The average Bonchev–Trinajstić information content (AvgIpc) is 2.83. The van der Waals surface area contributed by atoms with E-state index in [4.69, 9.17) is 10.7 Å². The summed E-state index contributed by atoms with van der Waals surface area (Å²) in [5.41, 5.74) is 13.1. The Morgan fingerprint density at radius 3 is 2.39 bits per heavy atom. The van der Waals surface area contributed by atoms with Crippen molar-refractivity contribution in [2.75, 3.05) is 11.9 Å². The maximum absolute atomic E-state index is 6.47. The highest BCUT2D eigenvalue weighted by atomic mass is 15.0. The zero-order chi connectivity index (χ0) is 21.6. The van der Waals surface area contributed by atoms with Crippen molar-refractivity contribution in [3.63, 3.8) is 0 Å². The monoisotopic (exact) mass is 408 g/mol. The quantitative estimate of drug-likeness (QED) is 0.402. The molecule has 156 valence electrons. The molecule has 0 aliphatic carbocycles. The van der Waals surface area contributed by atoms with Gasteiger partial charge < -0.3 is 11.1 Å². The summed E-state index contributed by atoms with van der Waals surface area (Å²) in [6.45, 7) is 5.01. The molecule has 4 rings (SSSR count). The summed E-state index contributed by atoms with van der Waals surface area (Å²) in [5, 5.41) is 3.49. The van der Waals surface area contributed by atoms with Gasteiger partial charge in [-0.3, -0.25) is 4.98 Å². The Bertz CT molecular complexity index is 1130. The molecule has 0 saturated heterocycles. The highest BCUT2D eigenvalue weighted by Crippen LogP contribution is 2.32. The Kier molecular flexibility index (Phi) is 6.39. The van der Waals surface area contributed by atoms with Crippen LogP contribution >= 0.6 is 0 Å². The lowest BCUT2D eigenvalue weighted by Crippen LogP contribution is -2.25. The largest absolute Gasteiger partial charge is 0.370 e. The van der Waals surface area contributed by atoms with E-state index in [0.717, 1.165) is 40.3 Å². The molecule has 0 unspecified atom stereocenters. The lowest BCUT2D eigenvalue weighted by Gasteiger charge is -2.21. The fraction of sp³-hybridized carbons (Fsp3) is 0.185. The molecule has 0 aliphatic heterocycles. The molecule has 4 aromatic rings. The SMILES string of the molecule is Cc1cccc(-c2ccc(NC[C@@H](C)[C@H](N)c3ccccc3)nc2-c2ccncc2)c1. The minimum absolute atomic E-state index is 0.0278. The zero-order valence-electron chi connectivity index (χ0n) is 18.0. The van der Waals surface area contributed by atoms with Crippen molar-refractivity contribution in [3.8, 4) is 22.4 Å². The highest BCUT2D eigenvalue weighted by Gasteiger charge is 2.16. The molecule has 2 aromatic heterocycles. The van der Waals surface area contributed by atoms with Gasteiger partial charge in [-0.25, -0.2) is 4.98 Å². The van der Waals surface area contributed by atoms with E-state index in [0.29, 0.717) is 0 Å². The van der Waals surface area contributed by atoms with Gasteiger partial charge in [-0.1, -0.05) is 67.1 Å². The summed E-state index contributed by atoms with van der Waals surface area (Å²) >= 11 is 0. The van der Waals surface area contributed by atoms with E-state index in [1.807, 2.05) is 36.4 Å². The molecule has 0 aliphatic rings. The second kappa shape index (κ2) is 9.54. The number of hydrogen-bond acceptors (Lipinski definition) is 4. The standard InChI is InChI=1S/C27H28N4/c1-19-7-6-10-23(17-19)24-11-12-25(31-27(24)22-13-15-29-16-14-22)30-18-20(2)26(28)21-8-4-3-5-9-21/h3-17,20,26H,18,28H2,1-2H3,(H,30,31)/t20-,26+/m1/s1. The molecule has 0 spiro atoms. The van der Waals surface area contributed by atoms with Crippen LogP contribution in [0, 0.1) is 12.8 Å². The van der Waals surface area contributed by atoms with Crippen LogP contribution in [0.3, 0.4) is 0 Å². The number of pyridine rings is 2. The number of benzene rings is 2. The van der Waals surface area contributed by atoms with Gasteiger partial charge in [0.2, 0.25) is 0 Å². The highest BCUT2D eigenvalue weighted by molar-refractivity contribution is 5.82. The number of aromatic nitrogens is 2. The smallest absolute Gasteiger partial charge is 0.126 e. The summed E-state index contributed by atoms with van der Waals surface area (Å²) in [5.74, 6) is 1.10. The molecule has 2 atom stereocenters. The van der Waals surface area contributed by atoms with Crippen LogP contribution in [-0.2, 0) is 0 Å². The van der Waals surface area contributed by atoms with Gasteiger partial charge in [0.1, 0.15) is 5.82 Å². The minimum Gasteiger partial charge on any atom is -0.370 e. The fourth-order valence-corrected chi connectivity index (χ4v) is 3.73. The maximum Gasteiger partial charge on any atom is 0.126 e. The number of nitrogens with one attached hydrogen (secondary N) is 1. The van der Waals surface area contributed by atoms with E-state index in [1.165, 1.54) is 5.56 Å². The van der Waals surface area contributed by atoms with E-state index in [2.05, 4.69) is 66.6 Å². The van der Waals surface area contributed by atoms with Crippen molar-refractivity contribution in [3.05, 3.63) is 102 Å². The first-order chi connectivity index (χ1) is 15.1. The number of aryl methyl sites for hydroxylation is 1. The van der Waals surface area contributed by atoms with E-state index in [-0.39, 0.29) is 12.0 Å². The molecule has 0 radical (unpaired) electrons. The lowest BCUT2D eigenvalue weighted by molar-refractivity contribution is 0.493. The summed E-state index contributed by atoms with van der Waals surface area (Å²) in [7, 11) is 0. The van der Waals surface area contributed by atoms with Crippen LogP contribution < -0.4 is 11.1 Å². The number of nitrogens with zero attached hydrogens (tertiary/aromatic N) is 2. The van der Waals surface area contributed by atoms with E-state index in [9.17, 15) is 0 Å². The molecule has 0 fully saturated rings. The van der Waals surface area contributed by atoms with Crippen LogP contribution in [-0.4, -0.2) is 16.5 Å². The Morgan fingerprint density at radius 2 is 1.65 bits per heavy atom. The molecule has 2 aromatic carbocycles. The van der Waals surface area contributed by atoms with Crippen molar-refractivity contribution in [2.45, 2.75) is 19.9 Å². The van der Waals surface area contributed by atoms with Gasteiger partial charge in [0.15, 0.2) is 0 Å². The van der Waals surface area contributed by atoms with Gasteiger partial charge in [0.25, 0.3) is 0 Å². The summed E-state index contributed by atoms with van der Waals surface area (Å²) in [4.78, 5) is 9.13. The Balaban J connectivity index is 1.59. The summed E-state index contributed by atoms with van der Waals surface area (Å²) < 4.78 is 0. The fourth-order valence-electron chi connectivity index (χ4n) is 3.73. The van der Waals surface area contributed by atoms with Crippen LogP contribution in [0.15, 0.2) is 91.3 Å². The molecule has 0 amide bonds. The van der Waals surface area contributed by atoms with Crippen LogP contribution in [0.4, 0.5) is 5.82 Å². The normalized spacial score (nSPS) is 12.9. The number of nitrogens with two attached hydrogens (primary N) is 1. The Labute approximate surface area is 184 Å². The van der Waals surface area contributed by atoms with Crippen LogP contribution in [0.2, 0.25) is 0 Å². The molecular formula is C27H28N4. The predicted molar refractivity (Wildman–Crippen MR) is 129 cm³/mol. The van der Waals surface area contributed by atoms with Crippen molar-refractivity contribution < 1.29 is 0 Å². The second-order valence-electron chi connectivity index (χ2n) is 7.99.